The van der Waals surface area contributed by atoms with E-state index in [0.29, 0.717) is 11.1 Å². The highest BCUT2D eigenvalue weighted by molar-refractivity contribution is 7.03. The fourth-order valence-electron chi connectivity index (χ4n) is 11.6. The van der Waals surface area contributed by atoms with Gasteiger partial charge in [0, 0.05) is 0 Å². The highest BCUT2D eigenvalue weighted by Gasteiger charge is 2.44. The third-order valence-electron chi connectivity index (χ3n) is 14.1. The molecule has 6 heteroatoms. The molecular formula is C56H32B2O4. The Labute approximate surface area is 357 Å². The van der Waals surface area contributed by atoms with E-state index in [9.17, 15) is 9.59 Å². The molecular weight excluding hydrogens is 758 g/mol. The van der Waals surface area contributed by atoms with Crippen LogP contribution in [0.25, 0.3) is 76.8 Å². The summed E-state index contributed by atoms with van der Waals surface area (Å²) in [6, 6.07) is 59.3. The van der Waals surface area contributed by atoms with E-state index in [-0.39, 0.29) is 38.6 Å². The van der Waals surface area contributed by atoms with Gasteiger partial charge < -0.3 is 9.47 Å². The minimum absolute atomic E-state index is 0.0218. The van der Waals surface area contributed by atoms with E-state index < -0.39 is 0 Å². The first-order valence-corrected chi connectivity index (χ1v) is 21.3. The molecule has 0 spiro atoms. The second-order valence-corrected chi connectivity index (χ2v) is 17.2. The number of hydrogen-bond donors (Lipinski definition) is 0. The van der Waals surface area contributed by atoms with E-state index in [4.69, 9.17) is 9.47 Å². The summed E-state index contributed by atoms with van der Waals surface area (Å²) in [7, 11) is 0. The Kier molecular flexibility index (Phi) is 6.83. The number of carbonyl (C=O) groups excluding carboxylic acids is 2. The fraction of sp³-hybridized carbons (Fsp3) is 0.0357. The summed E-state index contributed by atoms with van der Waals surface area (Å²) in [6.45, 7) is 0.471. The molecule has 62 heavy (non-hydrogen) atoms. The van der Waals surface area contributed by atoms with Crippen LogP contribution in [0.1, 0.15) is 31.8 Å². The van der Waals surface area contributed by atoms with E-state index >= 15 is 0 Å². The summed E-state index contributed by atoms with van der Waals surface area (Å²) in [6.07, 6.45) is 0. The summed E-state index contributed by atoms with van der Waals surface area (Å²) in [5.74, 6) is -0.654. The summed E-state index contributed by atoms with van der Waals surface area (Å²) < 4.78 is 11.9. The Morgan fingerprint density at radius 2 is 0.742 bits per heavy atom. The Bertz CT molecular complexity index is 3390. The molecule has 10 aromatic carbocycles. The Balaban J connectivity index is 0.996. The first-order valence-electron chi connectivity index (χ1n) is 21.3. The molecule has 4 heterocycles. The number of carbonyl (C=O) groups is 2. The van der Waals surface area contributed by atoms with Gasteiger partial charge in [0.1, 0.15) is 13.2 Å². The monoisotopic (exact) mass is 790 g/mol. The van der Waals surface area contributed by atoms with E-state index in [1.54, 1.807) is 0 Å². The number of esters is 2. The van der Waals surface area contributed by atoms with Crippen molar-refractivity contribution in [1.29, 1.82) is 0 Å². The van der Waals surface area contributed by atoms with Gasteiger partial charge >= 0.3 is 11.9 Å². The van der Waals surface area contributed by atoms with Crippen molar-refractivity contribution >= 4 is 90.5 Å². The first-order chi connectivity index (χ1) is 30.6. The van der Waals surface area contributed by atoms with Gasteiger partial charge in [0.2, 0.25) is 13.4 Å². The van der Waals surface area contributed by atoms with Crippen molar-refractivity contribution in [3.63, 3.8) is 0 Å². The molecule has 0 atom stereocenters. The quantitative estimate of drug-likeness (QED) is 0.0968. The lowest BCUT2D eigenvalue weighted by atomic mass is 9.34. The first kappa shape index (κ1) is 34.1. The minimum atomic E-state index is -0.327. The Hall–Kier alpha value is -7.69. The van der Waals surface area contributed by atoms with Gasteiger partial charge in [-0.25, -0.2) is 9.59 Å². The van der Waals surface area contributed by atoms with Gasteiger partial charge in [-0.05, 0) is 112 Å². The Morgan fingerprint density at radius 3 is 1.18 bits per heavy atom. The van der Waals surface area contributed by atoms with Gasteiger partial charge in [-0.2, -0.15) is 0 Å². The van der Waals surface area contributed by atoms with Gasteiger partial charge in [0.25, 0.3) is 0 Å². The second-order valence-electron chi connectivity index (χ2n) is 17.2. The van der Waals surface area contributed by atoms with Crippen molar-refractivity contribution in [3.8, 4) is 44.5 Å². The molecule has 0 unspecified atom stereocenters. The lowest BCUT2D eigenvalue weighted by Crippen LogP contribution is -2.52. The van der Waals surface area contributed by atoms with Crippen LogP contribution in [-0.4, -0.2) is 25.4 Å². The molecule has 10 aromatic rings. The van der Waals surface area contributed by atoms with Crippen LogP contribution in [0, 0.1) is 0 Å². The molecule has 0 N–H and O–H groups in total. The predicted molar refractivity (Wildman–Crippen MR) is 252 cm³/mol. The van der Waals surface area contributed by atoms with Crippen LogP contribution in [0.4, 0.5) is 0 Å². The molecule has 0 bridgehead atoms. The maximum absolute atomic E-state index is 13.9. The van der Waals surface area contributed by atoms with Crippen LogP contribution in [0.2, 0.25) is 0 Å². The van der Waals surface area contributed by atoms with Gasteiger partial charge in [0.05, 0.1) is 11.1 Å². The molecule has 0 aliphatic carbocycles. The standard InChI is InChI=1S/C56H32B2O4/c59-55(61-29-31-11-3-1-4-12-31)35-23-41-37-15-7-9-17-45(37)57-47-27-34-20-22-40-44-26-36(56(60)62-30-32-13-5-2-6-14-32)24-42-38-16-8-10-18-46(38)58(54(42)44)48-28-33-19-21-39(43(25-35)53(41)57)51(47)49(33)50(34)52(40)48/h1-28H,29-30H2. The molecule has 4 aliphatic heterocycles. The number of fused-ring (bicyclic) bond motifs is 10. The molecule has 0 fully saturated rings. The molecule has 4 aliphatic rings. The maximum atomic E-state index is 13.9. The van der Waals surface area contributed by atoms with Crippen LogP contribution in [0.15, 0.2) is 170 Å². The summed E-state index contributed by atoms with van der Waals surface area (Å²) in [5.41, 5.74) is 19.7. The topological polar surface area (TPSA) is 52.6 Å². The predicted octanol–water partition coefficient (Wildman–Crippen LogP) is 8.25. The molecule has 286 valence electrons. The van der Waals surface area contributed by atoms with Crippen molar-refractivity contribution in [3.05, 3.63) is 192 Å². The average molecular weight is 790 g/mol. The molecule has 0 radical (unpaired) electrons. The minimum Gasteiger partial charge on any atom is -0.457 e. The van der Waals surface area contributed by atoms with Gasteiger partial charge in [-0.3, -0.25) is 0 Å². The SMILES string of the molecule is O=C(OCc1ccccc1)c1cc2c3c(c1)-c1ccc4cc5c6c(ccc7cc(c1c4c76)B3c1ccccc1-2)-c1cc(C(=O)OCc2ccccc2)cc2c1B5c1ccccc1-2. The molecule has 0 aromatic heterocycles. The summed E-state index contributed by atoms with van der Waals surface area (Å²) >= 11 is 0. The zero-order valence-corrected chi connectivity index (χ0v) is 33.4. The number of benzene rings is 10. The van der Waals surface area contributed by atoms with Crippen LogP contribution in [0.5, 0.6) is 0 Å². The van der Waals surface area contributed by atoms with Crippen molar-refractivity contribution in [2.75, 3.05) is 0 Å². The molecule has 0 amide bonds. The third kappa shape index (κ3) is 4.53. The maximum Gasteiger partial charge on any atom is 0.338 e. The van der Waals surface area contributed by atoms with E-state index in [0.717, 1.165) is 55.6 Å². The van der Waals surface area contributed by atoms with E-state index in [2.05, 4.69) is 97.1 Å². The zero-order valence-electron chi connectivity index (χ0n) is 33.4. The van der Waals surface area contributed by atoms with Crippen molar-refractivity contribution in [2.45, 2.75) is 13.2 Å². The van der Waals surface area contributed by atoms with E-state index in [1.165, 1.54) is 65.1 Å². The molecule has 0 saturated carbocycles. The number of hydrogen-bond acceptors (Lipinski definition) is 4. The van der Waals surface area contributed by atoms with Crippen LogP contribution in [-0.2, 0) is 22.7 Å². The normalized spacial score (nSPS) is 13.0. The lowest BCUT2D eigenvalue weighted by Gasteiger charge is -2.31. The summed E-state index contributed by atoms with van der Waals surface area (Å²) in [4.78, 5) is 27.9. The smallest absolute Gasteiger partial charge is 0.338 e. The molecule has 4 nitrogen and oxygen atoms in total. The fourth-order valence-corrected chi connectivity index (χ4v) is 11.6. The molecule has 0 saturated heterocycles. The number of ether oxygens (including phenoxy) is 2. The summed E-state index contributed by atoms with van der Waals surface area (Å²) in [5, 5.41) is 7.39. The van der Waals surface area contributed by atoms with Crippen molar-refractivity contribution < 1.29 is 19.1 Å². The highest BCUT2D eigenvalue weighted by atomic mass is 16.5. The highest BCUT2D eigenvalue weighted by Crippen LogP contribution is 2.46. The van der Waals surface area contributed by atoms with Gasteiger partial charge in [0.15, 0.2) is 0 Å². The largest absolute Gasteiger partial charge is 0.457 e. The Morgan fingerprint density at radius 1 is 0.355 bits per heavy atom. The van der Waals surface area contributed by atoms with Gasteiger partial charge in [-0.15, -0.1) is 0 Å². The number of rotatable bonds is 6. The van der Waals surface area contributed by atoms with Crippen LogP contribution < -0.4 is 32.8 Å². The van der Waals surface area contributed by atoms with Crippen LogP contribution in [0.3, 0.4) is 0 Å². The van der Waals surface area contributed by atoms with Crippen molar-refractivity contribution in [1.82, 2.24) is 0 Å². The third-order valence-corrected chi connectivity index (χ3v) is 14.1. The average Bonchev–Trinajstić information content (AvgIpc) is 3.84. The van der Waals surface area contributed by atoms with Gasteiger partial charge in [-0.1, -0.05) is 178 Å². The lowest BCUT2D eigenvalue weighted by molar-refractivity contribution is 0.0464. The van der Waals surface area contributed by atoms with E-state index in [1.807, 2.05) is 72.8 Å². The second kappa shape index (κ2) is 12.4. The molecule has 14 rings (SSSR count). The zero-order chi connectivity index (χ0) is 40.8. The van der Waals surface area contributed by atoms with Crippen LogP contribution >= 0.6 is 0 Å². The van der Waals surface area contributed by atoms with Crippen molar-refractivity contribution in [2.24, 2.45) is 0 Å².